The summed E-state index contributed by atoms with van der Waals surface area (Å²) in [6.45, 7) is 2.00. The second kappa shape index (κ2) is 7.18. The highest BCUT2D eigenvalue weighted by atomic mass is 16.5. The number of H-pyrrole nitrogens is 1. The SMILES string of the molecule is C[C@H](OC(=O)[C@H]1CC(=O)N(C2CCCC2)C1)C(=O)c1c[nH]c2ccccc12. The fourth-order valence-electron chi connectivity index (χ4n) is 4.28. The van der Waals surface area contributed by atoms with Crippen LogP contribution < -0.4 is 0 Å². The highest BCUT2D eigenvalue weighted by Gasteiger charge is 2.40. The molecule has 0 radical (unpaired) electrons. The number of ketones is 1. The Morgan fingerprint density at radius 3 is 2.74 bits per heavy atom. The third-order valence-corrected chi connectivity index (χ3v) is 5.77. The highest BCUT2D eigenvalue weighted by molar-refractivity contribution is 6.10. The van der Waals surface area contributed by atoms with Crippen molar-refractivity contribution < 1.29 is 19.1 Å². The molecule has 2 atom stereocenters. The van der Waals surface area contributed by atoms with E-state index >= 15 is 0 Å². The Morgan fingerprint density at radius 2 is 1.96 bits per heavy atom. The Morgan fingerprint density at radius 1 is 1.22 bits per heavy atom. The molecule has 1 aliphatic heterocycles. The van der Waals surface area contributed by atoms with E-state index < -0.39 is 18.0 Å². The predicted octanol–water partition coefficient (Wildman–Crippen LogP) is 3.07. The van der Waals surface area contributed by atoms with Gasteiger partial charge in [-0.05, 0) is 25.8 Å². The minimum absolute atomic E-state index is 0.0273. The van der Waals surface area contributed by atoms with E-state index in [0.29, 0.717) is 12.1 Å². The van der Waals surface area contributed by atoms with Crippen molar-refractivity contribution in [3.63, 3.8) is 0 Å². The number of para-hydroxylation sites is 1. The van der Waals surface area contributed by atoms with Gasteiger partial charge in [-0.3, -0.25) is 14.4 Å². The number of ether oxygens (including phenoxy) is 1. The van der Waals surface area contributed by atoms with Crippen molar-refractivity contribution in [3.05, 3.63) is 36.0 Å². The van der Waals surface area contributed by atoms with Crippen LogP contribution in [0.5, 0.6) is 0 Å². The molecule has 1 aromatic heterocycles. The van der Waals surface area contributed by atoms with Gasteiger partial charge in [0.15, 0.2) is 6.10 Å². The lowest BCUT2D eigenvalue weighted by molar-refractivity contribution is -0.151. The lowest BCUT2D eigenvalue weighted by Crippen LogP contribution is -2.35. The average Bonchev–Trinajstić information content (AvgIpc) is 3.40. The van der Waals surface area contributed by atoms with E-state index in [9.17, 15) is 14.4 Å². The van der Waals surface area contributed by atoms with Crippen molar-refractivity contribution in [1.82, 2.24) is 9.88 Å². The highest BCUT2D eigenvalue weighted by Crippen LogP contribution is 2.30. The smallest absolute Gasteiger partial charge is 0.311 e. The van der Waals surface area contributed by atoms with Crippen LogP contribution in [0.4, 0.5) is 0 Å². The number of rotatable bonds is 5. The largest absolute Gasteiger partial charge is 0.454 e. The minimum Gasteiger partial charge on any atom is -0.454 e. The van der Waals surface area contributed by atoms with Crippen LogP contribution in [0.3, 0.4) is 0 Å². The Balaban J connectivity index is 1.40. The maximum Gasteiger partial charge on any atom is 0.311 e. The molecule has 0 spiro atoms. The predicted molar refractivity (Wildman–Crippen MR) is 100 cm³/mol. The first-order valence-electron chi connectivity index (χ1n) is 9.65. The van der Waals surface area contributed by atoms with E-state index in [1.54, 1.807) is 13.1 Å². The fraction of sp³-hybridized carbons (Fsp3) is 0.476. The molecule has 2 aliphatic rings. The summed E-state index contributed by atoms with van der Waals surface area (Å²) >= 11 is 0. The summed E-state index contributed by atoms with van der Waals surface area (Å²) in [5.74, 6) is -1.14. The molecule has 142 valence electrons. The van der Waals surface area contributed by atoms with Crippen molar-refractivity contribution in [3.8, 4) is 0 Å². The van der Waals surface area contributed by atoms with Crippen LogP contribution in [0.2, 0.25) is 0 Å². The number of benzene rings is 1. The van der Waals surface area contributed by atoms with Gasteiger partial charge in [-0.1, -0.05) is 31.0 Å². The van der Waals surface area contributed by atoms with Crippen LogP contribution in [-0.2, 0) is 14.3 Å². The van der Waals surface area contributed by atoms with Crippen LogP contribution in [-0.4, -0.2) is 46.2 Å². The molecule has 0 unspecified atom stereocenters. The Labute approximate surface area is 157 Å². The molecule has 2 fully saturated rings. The number of carbonyl (C=O) groups is 3. The Kier molecular flexibility index (Phi) is 4.72. The molecule has 6 heteroatoms. The summed E-state index contributed by atoms with van der Waals surface area (Å²) in [5.41, 5.74) is 1.38. The van der Waals surface area contributed by atoms with Gasteiger partial charge in [-0.15, -0.1) is 0 Å². The molecule has 1 amide bonds. The number of likely N-dealkylation sites (tertiary alicyclic amines) is 1. The third kappa shape index (κ3) is 3.36. The molecular weight excluding hydrogens is 344 g/mol. The molecule has 1 N–H and O–H groups in total. The molecule has 1 saturated heterocycles. The normalized spacial score (nSPS) is 21.7. The molecule has 27 heavy (non-hydrogen) atoms. The Bertz CT molecular complexity index is 881. The van der Waals surface area contributed by atoms with Crippen LogP contribution in [0.1, 0.15) is 49.4 Å². The third-order valence-electron chi connectivity index (χ3n) is 5.77. The number of hydrogen-bond acceptors (Lipinski definition) is 4. The van der Waals surface area contributed by atoms with Gasteiger partial charge in [0.2, 0.25) is 11.7 Å². The zero-order chi connectivity index (χ0) is 19.0. The van der Waals surface area contributed by atoms with Crippen LogP contribution >= 0.6 is 0 Å². The molecule has 6 nitrogen and oxygen atoms in total. The Hall–Kier alpha value is -2.63. The number of hydrogen-bond donors (Lipinski definition) is 1. The van der Waals surface area contributed by atoms with E-state index in [-0.39, 0.29) is 24.2 Å². The molecule has 1 aromatic carbocycles. The minimum atomic E-state index is -0.882. The van der Waals surface area contributed by atoms with Gasteiger partial charge in [-0.25, -0.2) is 0 Å². The summed E-state index contributed by atoms with van der Waals surface area (Å²) in [6, 6.07) is 7.78. The molecular formula is C21H24N2O4. The number of fused-ring (bicyclic) bond motifs is 1. The van der Waals surface area contributed by atoms with Crippen molar-refractivity contribution in [2.24, 2.45) is 5.92 Å². The zero-order valence-electron chi connectivity index (χ0n) is 15.4. The van der Waals surface area contributed by atoms with Gasteiger partial charge in [0.05, 0.1) is 5.92 Å². The van der Waals surface area contributed by atoms with Gasteiger partial charge in [0.1, 0.15) is 0 Å². The second-order valence-corrected chi connectivity index (χ2v) is 7.58. The molecule has 2 heterocycles. The summed E-state index contributed by atoms with van der Waals surface area (Å²) < 4.78 is 5.45. The van der Waals surface area contributed by atoms with Gasteiger partial charge in [0, 0.05) is 41.7 Å². The van der Waals surface area contributed by atoms with Gasteiger partial charge in [0.25, 0.3) is 0 Å². The number of nitrogens with zero attached hydrogens (tertiary/aromatic N) is 1. The summed E-state index contributed by atoms with van der Waals surface area (Å²) in [7, 11) is 0. The van der Waals surface area contributed by atoms with Crippen LogP contribution in [0.25, 0.3) is 10.9 Å². The number of carbonyl (C=O) groups excluding carboxylic acids is 3. The molecule has 2 aromatic rings. The first kappa shape index (κ1) is 17.8. The van der Waals surface area contributed by atoms with Crippen molar-refractivity contribution >= 4 is 28.6 Å². The summed E-state index contributed by atoms with van der Waals surface area (Å²) in [5, 5.41) is 0.814. The van der Waals surface area contributed by atoms with E-state index in [2.05, 4.69) is 4.98 Å². The van der Waals surface area contributed by atoms with Gasteiger partial charge < -0.3 is 14.6 Å². The lowest BCUT2D eigenvalue weighted by Gasteiger charge is -2.24. The molecule has 4 rings (SSSR count). The second-order valence-electron chi connectivity index (χ2n) is 7.58. The fourth-order valence-corrected chi connectivity index (χ4v) is 4.28. The maximum atomic E-state index is 12.7. The monoisotopic (exact) mass is 368 g/mol. The number of nitrogens with one attached hydrogen (secondary N) is 1. The maximum absolute atomic E-state index is 12.7. The quantitative estimate of drug-likeness (QED) is 0.650. The summed E-state index contributed by atoms with van der Waals surface area (Å²) in [6.07, 6.45) is 5.26. The van der Waals surface area contributed by atoms with E-state index in [1.807, 2.05) is 29.2 Å². The first-order chi connectivity index (χ1) is 13.0. The standard InChI is InChI=1S/C21H24N2O4/c1-13(20(25)17-11-22-18-9-5-4-8-16(17)18)27-21(26)14-10-19(24)23(12-14)15-6-2-3-7-15/h4-5,8-9,11,13-15,22H,2-3,6-7,10,12H2,1H3/t13-,14-/m0/s1. The molecule has 1 saturated carbocycles. The van der Waals surface area contributed by atoms with Crippen molar-refractivity contribution in [1.29, 1.82) is 0 Å². The molecule has 1 aliphatic carbocycles. The van der Waals surface area contributed by atoms with E-state index in [0.717, 1.165) is 36.6 Å². The van der Waals surface area contributed by atoms with Gasteiger partial charge >= 0.3 is 5.97 Å². The number of esters is 1. The molecule has 0 bridgehead atoms. The zero-order valence-corrected chi connectivity index (χ0v) is 15.4. The van der Waals surface area contributed by atoms with Crippen molar-refractivity contribution in [2.45, 2.75) is 51.2 Å². The lowest BCUT2D eigenvalue weighted by atomic mass is 10.1. The summed E-state index contributed by atoms with van der Waals surface area (Å²) in [4.78, 5) is 42.4. The van der Waals surface area contributed by atoms with E-state index in [1.165, 1.54) is 0 Å². The number of amides is 1. The number of aromatic amines is 1. The van der Waals surface area contributed by atoms with Crippen LogP contribution in [0.15, 0.2) is 30.5 Å². The van der Waals surface area contributed by atoms with Crippen molar-refractivity contribution in [2.75, 3.05) is 6.54 Å². The topological polar surface area (TPSA) is 79.5 Å². The number of Topliss-reactive ketones (excluding diaryl/α,β-unsaturated/α-hetero) is 1. The average molecular weight is 368 g/mol. The van der Waals surface area contributed by atoms with Crippen LogP contribution in [0, 0.1) is 5.92 Å². The first-order valence-corrected chi connectivity index (χ1v) is 9.65. The van der Waals surface area contributed by atoms with E-state index in [4.69, 9.17) is 4.74 Å². The number of aromatic nitrogens is 1. The van der Waals surface area contributed by atoms with Gasteiger partial charge in [-0.2, -0.15) is 0 Å².